The molecule has 0 spiro atoms. The van der Waals surface area contributed by atoms with Gasteiger partial charge in [0, 0.05) is 24.2 Å². The number of benzene rings is 2. The molecule has 6 nitrogen and oxygen atoms in total. The number of carbonyl (C=O) groups excluding carboxylic acids is 2. The smallest absolute Gasteiger partial charge is 0.344 e. The van der Waals surface area contributed by atoms with Gasteiger partial charge in [0.15, 0.2) is 6.61 Å². The number of rotatable bonds is 8. The lowest BCUT2D eigenvalue weighted by Crippen LogP contribution is -2.23. The van der Waals surface area contributed by atoms with Crippen molar-refractivity contribution >= 4 is 17.6 Å². The molecule has 0 saturated carbocycles. The third-order valence-corrected chi connectivity index (χ3v) is 4.24. The zero-order valence-electron chi connectivity index (χ0n) is 15.3. The van der Waals surface area contributed by atoms with E-state index in [0.717, 1.165) is 24.2 Å². The molecule has 1 heterocycles. The highest BCUT2D eigenvalue weighted by atomic mass is 16.6. The minimum atomic E-state index is -0.458. The molecule has 27 heavy (non-hydrogen) atoms. The van der Waals surface area contributed by atoms with Crippen LogP contribution in [0.5, 0.6) is 11.5 Å². The van der Waals surface area contributed by atoms with Crippen molar-refractivity contribution in [1.29, 1.82) is 0 Å². The van der Waals surface area contributed by atoms with Gasteiger partial charge in [-0.3, -0.25) is 4.79 Å². The van der Waals surface area contributed by atoms with Crippen LogP contribution in [0.3, 0.4) is 0 Å². The van der Waals surface area contributed by atoms with Gasteiger partial charge in [-0.25, -0.2) is 4.79 Å². The maximum absolute atomic E-state index is 11.9. The summed E-state index contributed by atoms with van der Waals surface area (Å²) in [7, 11) is 0. The Morgan fingerprint density at radius 2 is 1.85 bits per heavy atom. The number of anilines is 1. The van der Waals surface area contributed by atoms with E-state index in [1.54, 1.807) is 17.0 Å². The topological polar surface area (TPSA) is 65.1 Å². The minimum Gasteiger partial charge on any atom is -0.493 e. The van der Waals surface area contributed by atoms with E-state index in [4.69, 9.17) is 14.2 Å². The van der Waals surface area contributed by atoms with Crippen LogP contribution in [0, 0.1) is 0 Å². The Morgan fingerprint density at radius 3 is 2.56 bits per heavy atom. The Balaban J connectivity index is 1.47. The molecule has 1 saturated heterocycles. The predicted molar refractivity (Wildman–Crippen MR) is 101 cm³/mol. The second-order valence-corrected chi connectivity index (χ2v) is 6.13. The van der Waals surface area contributed by atoms with Crippen LogP contribution in [0.15, 0.2) is 48.5 Å². The van der Waals surface area contributed by atoms with Crippen molar-refractivity contribution in [1.82, 2.24) is 0 Å². The second kappa shape index (κ2) is 9.07. The Hall–Kier alpha value is -3.02. The Kier molecular flexibility index (Phi) is 6.30. The Morgan fingerprint density at radius 1 is 1.07 bits per heavy atom. The van der Waals surface area contributed by atoms with E-state index in [1.165, 1.54) is 0 Å². The molecule has 0 aromatic heterocycles. The fourth-order valence-electron chi connectivity index (χ4n) is 2.91. The number of ether oxygens (including phenoxy) is 3. The first-order valence-corrected chi connectivity index (χ1v) is 9.07. The Labute approximate surface area is 158 Å². The van der Waals surface area contributed by atoms with Crippen molar-refractivity contribution < 1.29 is 23.8 Å². The van der Waals surface area contributed by atoms with Gasteiger partial charge >= 0.3 is 5.97 Å². The summed E-state index contributed by atoms with van der Waals surface area (Å²) in [6.45, 7) is 3.15. The van der Waals surface area contributed by atoms with E-state index in [1.807, 2.05) is 43.3 Å². The number of hydrogen-bond acceptors (Lipinski definition) is 5. The SMILES string of the molecule is CCOc1ccccc1COC(=O)COc1ccc(N2CCCC2=O)cc1. The lowest BCUT2D eigenvalue weighted by atomic mass is 10.2. The molecule has 3 rings (SSSR count). The van der Waals surface area contributed by atoms with Crippen LogP contribution >= 0.6 is 0 Å². The Bertz CT molecular complexity index is 787. The van der Waals surface area contributed by atoms with Gasteiger partial charge in [0.1, 0.15) is 18.1 Å². The molecular weight excluding hydrogens is 346 g/mol. The van der Waals surface area contributed by atoms with Crippen LogP contribution in [-0.4, -0.2) is 31.6 Å². The summed E-state index contributed by atoms with van der Waals surface area (Å²) >= 11 is 0. The van der Waals surface area contributed by atoms with Gasteiger partial charge in [-0.15, -0.1) is 0 Å². The van der Waals surface area contributed by atoms with Crippen molar-refractivity contribution in [3.8, 4) is 11.5 Å². The average Bonchev–Trinajstić information content (AvgIpc) is 3.12. The summed E-state index contributed by atoms with van der Waals surface area (Å²) in [6.07, 6.45) is 1.48. The molecule has 0 radical (unpaired) electrons. The van der Waals surface area contributed by atoms with Gasteiger partial charge in [-0.05, 0) is 43.7 Å². The monoisotopic (exact) mass is 369 g/mol. The standard InChI is InChI=1S/C21H23NO5/c1-2-25-19-7-4-3-6-16(19)14-27-21(24)15-26-18-11-9-17(10-12-18)22-13-5-8-20(22)23/h3-4,6-7,9-12H,2,5,8,13-15H2,1H3. The van der Waals surface area contributed by atoms with Crippen molar-refractivity contribution in [3.63, 3.8) is 0 Å². The molecular formula is C21H23NO5. The molecule has 0 unspecified atom stereocenters. The highest BCUT2D eigenvalue weighted by Crippen LogP contribution is 2.24. The minimum absolute atomic E-state index is 0.133. The second-order valence-electron chi connectivity index (χ2n) is 6.13. The maximum Gasteiger partial charge on any atom is 0.344 e. The quantitative estimate of drug-likeness (QED) is 0.668. The van der Waals surface area contributed by atoms with E-state index in [2.05, 4.69) is 0 Å². The average molecular weight is 369 g/mol. The first-order chi connectivity index (χ1) is 13.2. The van der Waals surface area contributed by atoms with Crippen molar-refractivity contribution in [2.75, 3.05) is 24.7 Å². The van der Waals surface area contributed by atoms with E-state index in [-0.39, 0.29) is 19.1 Å². The fraction of sp³-hybridized carbons (Fsp3) is 0.333. The summed E-state index contributed by atoms with van der Waals surface area (Å²) in [6, 6.07) is 14.6. The van der Waals surface area contributed by atoms with Gasteiger partial charge in [-0.1, -0.05) is 18.2 Å². The first-order valence-electron chi connectivity index (χ1n) is 9.07. The molecule has 0 aliphatic carbocycles. The fourth-order valence-corrected chi connectivity index (χ4v) is 2.91. The van der Waals surface area contributed by atoms with Crippen molar-refractivity contribution in [2.24, 2.45) is 0 Å². The molecule has 142 valence electrons. The van der Waals surface area contributed by atoms with Gasteiger partial charge < -0.3 is 19.1 Å². The molecule has 2 aromatic carbocycles. The van der Waals surface area contributed by atoms with Gasteiger partial charge in [0.2, 0.25) is 5.91 Å². The molecule has 1 aliphatic heterocycles. The molecule has 1 fully saturated rings. The van der Waals surface area contributed by atoms with Crippen LogP contribution in [-0.2, 0) is 20.9 Å². The largest absolute Gasteiger partial charge is 0.493 e. The van der Waals surface area contributed by atoms with Gasteiger partial charge in [-0.2, -0.15) is 0 Å². The number of hydrogen-bond donors (Lipinski definition) is 0. The number of amides is 1. The molecule has 2 aromatic rings. The maximum atomic E-state index is 11.9. The summed E-state index contributed by atoms with van der Waals surface area (Å²) in [5, 5.41) is 0. The molecule has 0 N–H and O–H groups in total. The number of carbonyl (C=O) groups is 2. The molecule has 0 bridgehead atoms. The third-order valence-electron chi connectivity index (χ3n) is 4.24. The number of esters is 1. The van der Waals surface area contributed by atoms with Crippen LogP contribution in [0.2, 0.25) is 0 Å². The predicted octanol–water partition coefficient (Wildman–Crippen LogP) is 3.33. The van der Waals surface area contributed by atoms with Gasteiger partial charge in [0.25, 0.3) is 0 Å². The highest BCUT2D eigenvalue weighted by Gasteiger charge is 2.21. The molecule has 1 amide bonds. The molecule has 1 aliphatic rings. The highest BCUT2D eigenvalue weighted by molar-refractivity contribution is 5.95. The summed E-state index contributed by atoms with van der Waals surface area (Å²) in [4.78, 5) is 25.4. The van der Waals surface area contributed by atoms with E-state index >= 15 is 0 Å². The lowest BCUT2D eigenvalue weighted by Gasteiger charge is -2.16. The van der Waals surface area contributed by atoms with Crippen LogP contribution in [0.1, 0.15) is 25.3 Å². The first kappa shape index (κ1) is 18.8. The molecule has 6 heteroatoms. The van der Waals surface area contributed by atoms with E-state index in [9.17, 15) is 9.59 Å². The van der Waals surface area contributed by atoms with Gasteiger partial charge in [0.05, 0.1) is 6.61 Å². The van der Waals surface area contributed by atoms with Crippen LogP contribution in [0.4, 0.5) is 5.69 Å². The number of nitrogens with zero attached hydrogens (tertiary/aromatic N) is 1. The lowest BCUT2D eigenvalue weighted by molar-refractivity contribution is -0.147. The van der Waals surface area contributed by atoms with E-state index in [0.29, 0.717) is 24.5 Å². The van der Waals surface area contributed by atoms with Crippen molar-refractivity contribution in [2.45, 2.75) is 26.4 Å². The van der Waals surface area contributed by atoms with Crippen LogP contribution in [0.25, 0.3) is 0 Å². The van der Waals surface area contributed by atoms with Crippen LogP contribution < -0.4 is 14.4 Å². The summed E-state index contributed by atoms with van der Waals surface area (Å²) < 4.78 is 16.2. The zero-order valence-corrected chi connectivity index (χ0v) is 15.3. The molecule has 0 atom stereocenters. The summed E-state index contributed by atoms with van der Waals surface area (Å²) in [5.74, 6) is 0.942. The number of para-hydroxylation sites is 1. The summed E-state index contributed by atoms with van der Waals surface area (Å²) in [5.41, 5.74) is 1.66. The third kappa shape index (κ3) is 5.00. The van der Waals surface area contributed by atoms with Crippen molar-refractivity contribution in [3.05, 3.63) is 54.1 Å². The zero-order chi connectivity index (χ0) is 19.1. The normalized spacial score (nSPS) is 13.5. The van der Waals surface area contributed by atoms with E-state index < -0.39 is 5.97 Å².